The molecule has 4 rings (SSSR count). The van der Waals surface area contributed by atoms with Gasteiger partial charge in [-0.3, -0.25) is 9.59 Å². The number of aromatic amines is 1. The molecule has 7 heteroatoms. The summed E-state index contributed by atoms with van der Waals surface area (Å²) < 4.78 is 2.34. The number of para-hydroxylation sites is 1. The number of rotatable bonds is 6. The molecule has 1 atom stereocenters. The van der Waals surface area contributed by atoms with Crippen molar-refractivity contribution in [1.29, 1.82) is 0 Å². The molecule has 178 valence electrons. The highest BCUT2D eigenvalue weighted by atomic mass is 35.5. The number of fused-ring (bicyclic) bond motifs is 1. The Morgan fingerprint density at radius 2 is 1.91 bits per heavy atom. The van der Waals surface area contributed by atoms with Gasteiger partial charge >= 0.3 is 0 Å². The lowest BCUT2D eigenvalue weighted by Crippen LogP contribution is -2.32. The molecule has 33 heavy (non-hydrogen) atoms. The summed E-state index contributed by atoms with van der Waals surface area (Å²) in [6.07, 6.45) is 3.04. The molecule has 1 saturated heterocycles. The number of hydrogen-bond acceptors (Lipinski definition) is 3. The third kappa shape index (κ3) is 4.87. The molecule has 6 nitrogen and oxygen atoms in total. The molecular weight excluding hydrogens is 436 g/mol. The number of nitrogens with zero attached hydrogens (tertiary/aromatic N) is 1. The molecule has 0 aliphatic carbocycles. The van der Waals surface area contributed by atoms with Crippen molar-refractivity contribution in [1.82, 2.24) is 20.2 Å². The van der Waals surface area contributed by atoms with E-state index in [1.807, 2.05) is 45.0 Å². The first-order chi connectivity index (χ1) is 15.4. The van der Waals surface area contributed by atoms with E-state index < -0.39 is 0 Å². The number of aromatic nitrogens is 2. The van der Waals surface area contributed by atoms with Crippen molar-refractivity contribution >= 4 is 29.2 Å². The van der Waals surface area contributed by atoms with Crippen molar-refractivity contribution < 1.29 is 4.79 Å². The number of nitrogens with one attached hydrogen (secondary N) is 3. The summed E-state index contributed by atoms with van der Waals surface area (Å²) in [4.78, 5) is 28.8. The number of piperidine rings is 1. The van der Waals surface area contributed by atoms with Crippen LogP contribution in [0.15, 0.2) is 35.1 Å². The maximum absolute atomic E-state index is 13.4. The number of H-pyrrole nitrogens is 1. The minimum Gasteiger partial charge on any atom is -0.348 e. The molecule has 1 aromatic carbocycles. The van der Waals surface area contributed by atoms with Gasteiger partial charge in [0.25, 0.3) is 11.5 Å². The summed E-state index contributed by atoms with van der Waals surface area (Å²) in [5.41, 5.74) is 5.13. The summed E-state index contributed by atoms with van der Waals surface area (Å²) in [5, 5.41) is 7.45. The number of carbonyl (C=O) groups excluding carboxylic acids is 1. The van der Waals surface area contributed by atoms with E-state index in [4.69, 9.17) is 0 Å². The first-order valence-electron chi connectivity index (χ1n) is 11.7. The highest BCUT2D eigenvalue weighted by Crippen LogP contribution is 2.34. The topological polar surface area (TPSA) is 78.9 Å². The number of aryl methyl sites for hydroxylation is 2. The number of carbonyl (C=O) groups is 1. The lowest BCUT2D eigenvalue weighted by Gasteiger charge is -2.30. The minimum atomic E-state index is -0.128. The molecule has 1 amide bonds. The number of hydrogen-bond donors (Lipinski definition) is 3. The number of amides is 1. The number of benzene rings is 1. The Morgan fingerprint density at radius 3 is 2.61 bits per heavy atom. The van der Waals surface area contributed by atoms with Crippen LogP contribution in [0.5, 0.6) is 0 Å². The molecular formula is C26H35ClN4O2. The first kappa shape index (κ1) is 25.1. The standard InChI is InChI=1S/C26H34N4O2.ClH/c1-5-19-14-16(2)29-25(31)22(19)15-28-26(32)24-18(4)30(23-9-7-6-8-21(23)24)17(3)20-10-12-27-13-11-20;/h6-9,14,17,20,27H,5,10-13,15H2,1-4H3,(H,28,32)(H,29,31);1H. The number of pyridine rings is 1. The van der Waals surface area contributed by atoms with E-state index in [0.29, 0.717) is 23.1 Å². The van der Waals surface area contributed by atoms with Gasteiger partial charge < -0.3 is 20.2 Å². The summed E-state index contributed by atoms with van der Waals surface area (Å²) >= 11 is 0. The summed E-state index contributed by atoms with van der Waals surface area (Å²) in [6, 6.07) is 10.5. The fraction of sp³-hybridized carbons (Fsp3) is 0.462. The highest BCUT2D eigenvalue weighted by Gasteiger charge is 2.27. The smallest absolute Gasteiger partial charge is 0.254 e. The molecule has 1 unspecified atom stereocenters. The van der Waals surface area contributed by atoms with Crippen LogP contribution in [0.4, 0.5) is 0 Å². The SMILES string of the molecule is CCc1cc(C)[nH]c(=O)c1CNC(=O)c1c(C)n(C(C)C2CCNCC2)c2ccccc12.Cl. The van der Waals surface area contributed by atoms with Crippen LogP contribution in [0.25, 0.3) is 10.9 Å². The Kier molecular flexibility index (Phi) is 8.03. The van der Waals surface area contributed by atoms with E-state index in [2.05, 4.69) is 33.2 Å². The van der Waals surface area contributed by atoms with Gasteiger partial charge in [-0.2, -0.15) is 0 Å². The van der Waals surface area contributed by atoms with Gasteiger partial charge in [0, 0.05) is 40.4 Å². The predicted molar refractivity (Wildman–Crippen MR) is 137 cm³/mol. The normalized spacial score (nSPS) is 15.3. The van der Waals surface area contributed by atoms with E-state index in [-0.39, 0.29) is 30.4 Å². The maximum atomic E-state index is 13.4. The van der Waals surface area contributed by atoms with Gasteiger partial charge in [-0.15, -0.1) is 12.4 Å². The second-order valence-electron chi connectivity index (χ2n) is 9.00. The van der Waals surface area contributed by atoms with Gasteiger partial charge in [0.2, 0.25) is 0 Å². The van der Waals surface area contributed by atoms with Gasteiger partial charge in [0.15, 0.2) is 0 Å². The van der Waals surface area contributed by atoms with Gasteiger partial charge in [0.1, 0.15) is 0 Å². The molecule has 3 N–H and O–H groups in total. The van der Waals surface area contributed by atoms with E-state index in [9.17, 15) is 9.59 Å². The zero-order valence-corrected chi connectivity index (χ0v) is 20.8. The third-order valence-electron chi connectivity index (χ3n) is 7.03. The van der Waals surface area contributed by atoms with Crippen LogP contribution in [0.2, 0.25) is 0 Å². The summed E-state index contributed by atoms with van der Waals surface area (Å²) in [5.74, 6) is 0.455. The van der Waals surface area contributed by atoms with E-state index in [0.717, 1.165) is 60.2 Å². The largest absolute Gasteiger partial charge is 0.348 e. The van der Waals surface area contributed by atoms with Gasteiger partial charge in [-0.1, -0.05) is 25.1 Å². The van der Waals surface area contributed by atoms with Crippen molar-refractivity contribution in [2.45, 2.75) is 59.5 Å². The molecule has 1 fully saturated rings. The molecule has 0 saturated carbocycles. The highest BCUT2D eigenvalue weighted by molar-refractivity contribution is 6.08. The Hall–Kier alpha value is -2.57. The lowest BCUT2D eigenvalue weighted by molar-refractivity contribution is 0.0951. The third-order valence-corrected chi connectivity index (χ3v) is 7.03. The summed E-state index contributed by atoms with van der Waals surface area (Å²) in [7, 11) is 0. The quantitative estimate of drug-likeness (QED) is 0.499. The van der Waals surface area contributed by atoms with Crippen molar-refractivity contribution in [3.63, 3.8) is 0 Å². The van der Waals surface area contributed by atoms with Gasteiger partial charge in [0.05, 0.1) is 5.56 Å². The van der Waals surface area contributed by atoms with Crippen molar-refractivity contribution in [2.24, 2.45) is 5.92 Å². The molecule has 3 aromatic rings. The van der Waals surface area contributed by atoms with Crippen LogP contribution in [-0.4, -0.2) is 28.5 Å². The first-order valence-corrected chi connectivity index (χ1v) is 11.7. The van der Waals surface area contributed by atoms with Gasteiger partial charge in [-0.25, -0.2) is 0 Å². The molecule has 3 heterocycles. The molecule has 1 aliphatic rings. The average molecular weight is 471 g/mol. The predicted octanol–water partition coefficient (Wildman–Crippen LogP) is 4.42. The van der Waals surface area contributed by atoms with Crippen LogP contribution in [0, 0.1) is 19.8 Å². The molecule has 1 aliphatic heterocycles. The van der Waals surface area contributed by atoms with Crippen LogP contribution in [0.1, 0.15) is 65.6 Å². The van der Waals surface area contributed by atoms with Crippen molar-refractivity contribution in [3.8, 4) is 0 Å². The van der Waals surface area contributed by atoms with E-state index >= 15 is 0 Å². The van der Waals surface area contributed by atoms with Crippen LogP contribution in [-0.2, 0) is 13.0 Å². The minimum absolute atomic E-state index is 0. The zero-order valence-electron chi connectivity index (χ0n) is 20.0. The van der Waals surface area contributed by atoms with E-state index in [1.54, 1.807) is 0 Å². The Labute approximate surface area is 201 Å². The van der Waals surface area contributed by atoms with Crippen LogP contribution >= 0.6 is 12.4 Å². The zero-order chi connectivity index (χ0) is 22.8. The van der Waals surface area contributed by atoms with Gasteiger partial charge in [-0.05, 0) is 76.7 Å². The molecule has 0 radical (unpaired) electrons. The Morgan fingerprint density at radius 1 is 1.21 bits per heavy atom. The second kappa shape index (κ2) is 10.6. The van der Waals surface area contributed by atoms with Crippen molar-refractivity contribution in [2.75, 3.05) is 13.1 Å². The van der Waals surface area contributed by atoms with Crippen molar-refractivity contribution in [3.05, 3.63) is 68.8 Å². The van der Waals surface area contributed by atoms with Crippen LogP contribution < -0.4 is 16.2 Å². The fourth-order valence-electron chi connectivity index (χ4n) is 5.29. The lowest BCUT2D eigenvalue weighted by atomic mass is 9.91. The summed E-state index contributed by atoms with van der Waals surface area (Å²) in [6.45, 7) is 10.5. The van der Waals surface area contributed by atoms with Crippen LogP contribution in [0.3, 0.4) is 0 Å². The molecule has 2 aromatic heterocycles. The fourth-order valence-corrected chi connectivity index (χ4v) is 5.29. The Bertz CT molecular complexity index is 1190. The Balaban J connectivity index is 0.00000306. The maximum Gasteiger partial charge on any atom is 0.254 e. The second-order valence-corrected chi connectivity index (χ2v) is 9.00. The number of halogens is 1. The van der Waals surface area contributed by atoms with E-state index in [1.165, 1.54) is 0 Å². The molecule has 0 spiro atoms. The molecule has 0 bridgehead atoms. The average Bonchev–Trinajstić information content (AvgIpc) is 3.09. The monoisotopic (exact) mass is 470 g/mol.